The Hall–Kier alpha value is -6.06. The number of carbonyl (C=O) groups is 4. The van der Waals surface area contributed by atoms with E-state index in [1.165, 1.54) is 27.8 Å². The van der Waals surface area contributed by atoms with E-state index in [-0.39, 0.29) is 42.2 Å². The Morgan fingerprint density at radius 2 is 1.69 bits per heavy atom. The van der Waals surface area contributed by atoms with E-state index in [1.54, 1.807) is 55.6 Å². The number of carbonyl (C=O) groups excluding carboxylic acids is 4. The Morgan fingerprint density at radius 1 is 0.903 bits per heavy atom. The molecule has 62 heavy (non-hydrogen) atoms. The summed E-state index contributed by atoms with van der Waals surface area (Å²) in [6, 6.07) is 28.0. The van der Waals surface area contributed by atoms with Crippen molar-refractivity contribution in [1.82, 2.24) is 9.78 Å². The quantitative estimate of drug-likeness (QED) is 0.0863. The highest BCUT2D eigenvalue weighted by Crippen LogP contribution is 2.64. The number of aryl methyl sites for hydroxylation is 2. The number of nitrogens with zero attached hydrogens (tertiary/aromatic N) is 4. The third-order valence-electron chi connectivity index (χ3n) is 13.5. The number of aromatic hydroxyl groups is 1. The molecule has 1 saturated carbocycles. The molecule has 6 atom stereocenters. The predicted octanol–water partition coefficient (Wildman–Crippen LogP) is 6.66. The maximum Gasteiger partial charge on any atom is 0.488 e. The Labute approximate surface area is 365 Å². The fourth-order valence-corrected chi connectivity index (χ4v) is 11.8. The third kappa shape index (κ3) is 6.06. The lowest BCUT2D eigenvalue weighted by Gasteiger charge is -2.49. The van der Waals surface area contributed by atoms with Crippen LogP contribution in [0.4, 0.5) is 11.5 Å². The minimum atomic E-state index is -1.81. The maximum atomic E-state index is 15.3. The molecule has 2 aromatic heterocycles. The van der Waals surface area contributed by atoms with E-state index in [0.29, 0.717) is 27.6 Å². The van der Waals surface area contributed by atoms with Gasteiger partial charge in [0.15, 0.2) is 0 Å². The standard InChI is InChI=1S/C47H40BClN4O8S/c1-24-33-19-27(49)12-17-38(33)62-42(24)36-22-39(51(3)50-36)53-44(56)35-21-34-30(15-16-32-40(34)45(57)52(43(32)55)28-11-7-10-26(18-28)48(59)60)41(47(35,2)46(53)58)31-14-13-29(20-37(31)54)61-23-25-8-5-4-6-9-25/h4-15,17-20,22,32,34-35,40-41,54,59-60H,16,21,23H2,1-3H3. The van der Waals surface area contributed by atoms with Crippen LogP contribution in [0.25, 0.3) is 20.7 Å². The number of aromatic nitrogens is 2. The van der Waals surface area contributed by atoms with Crippen molar-refractivity contribution in [3.63, 3.8) is 0 Å². The third-order valence-corrected chi connectivity index (χ3v) is 15.0. The molecule has 0 spiro atoms. The van der Waals surface area contributed by atoms with Gasteiger partial charge in [0.05, 0.1) is 33.7 Å². The lowest BCUT2D eigenvalue weighted by Crippen LogP contribution is -2.49. The first kappa shape index (κ1) is 40.0. The number of thiophene rings is 1. The van der Waals surface area contributed by atoms with Crippen LogP contribution < -0.4 is 20.0 Å². The molecular weight excluding hydrogens is 827 g/mol. The van der Waals surface area contributed by atoms with Gasteiger partial charge in [-0.1, -0.05) is 71.8 Å². The number of amides is 4. The lowest BCUT2D eigenvalue weighted by molar-refractivity contribution is -0.131. The number of phenols is 1. The molecule has 4 aliphatic rings. The molecule has 4 aromatic carbocycles. The molecule has 3 fully saturated rings. The van der Waals surface area contributed by atoms with Crippen molar-refractivity contribution in [2.24, 2.45) is 36.1 Å². The average molecular weight is 867 g/mol. The number of phenolic OH excluding ortho intramolecular Hbond substituents is 1. The minimum absolute atomic E-state index is 0.100. The average Bonchev–Trinajstić information content (AvgIpc) is 3.93. The van der Waals surface area contributed by atoms with E-state index in [0.717, 1.165) is 31.0 Å². The van der Waals surface area contributed by atoms with E-state index in [4.69, 9.17) is 21.4 Å². The Kier molecular flexibility index (Phi) is 9.56. The first-order valence-electron chi connectivity index (χ1n) is 20.4. The molecule has 0 bridgehead atoms. The van der Waals surface area contributed by atoms with Gasteiger partial charge in [0.25, 0.3) is 0 Å². The van der Waals surface area contributed by atoms with Crippen LogP contribution in [0.3, 0.4) is 0 Å². The van der Waals surface area contributed by atoms with Gasteiger partial charge in [-0.3, -0.25) is 28.8 Å². The molecule has 3 N–H and O–H groups in total. The summed E-state index contributed by atoms with van der Waals surface area (Å²) in [4.78, 5) is 62.4. The Balaban J connectivity index is 1.06. The van der Waals surface area contributed by atoms with Crippen LogP contribution >= 0.6 is 22.9 Å². The molecule has 4 heterocycles. The molecular formula is C47H40BClN4O8S. The van der Waals surface area contributed by atoms with E-state index in [1.807, 2.05) is 61.5 Å². The summed E-state index contributed by atoms with van der Waals surface area (Å²) in [6.45, 7) is 4.01. The molecule has 312 valence electrons. The largest absolute Gasteiger partial charge is 0.508 e. The van der Waals surface area contributed by atoms with Gasteiger partial charge in [-0.2, -0.15) is 5.10 Å². The van der Waals surface area contributed by atoms with Crippen molar-refractivity contribution in [3.8, 4) is 22.1 Å². The molecule has 4 amide bonds. The second-order valence-corrected chi connectivity index (χ2v) is 18.3. The maximum absolute atomic E-state index is 15.3. The number of hydrogen-bond donors (Lipinski definition) is 3. The number of anilines is 2. The molecule has 10 rings (SSSR count). The SMILES string of the molecule is Cc1c(-c2cc(N3C(=O)C4CC5C(=CCC6C(=O)N(c7cccc(B(O)O)c7)C(=O)C65)C(c5ccc(OCc6ccccc6)cc5O)C4(C)C3=O)n(C)n2)sc2ccc(Cl)cc12. The first-order chi connectivity index (χ1) is 29.8. The zero-order chi connectivity index (χ0) is 43.4. The lowest BCUT2D eigenvalue weighted by atomic mass is 9.51. The first-order valence-corrected chi connectivity index (χ1v) is 21.6. The number of halogens is 1. The molecule has 6 aromatic rings. The van der Waals surface area contributed by atoms with Gasteiger partial charge in [-0.05, 0) is 91.0 Å². The summed E-state index contributed by atoms with van der Waals surface area (Å²) >= 11 is 7.88. The Morgan fingerprint density at radius 3 is 2.45 bits per heavy atom. The number of imide groups is 2. The summed E-state index contributed by atoms with van der Waals surface area (Å²) in [5.74, 6) is -5.38. The van der Waals surface area contributed by atoms with E-state index >= 15 is 9.59 Å². The molecule has 12 nitrogen and oxygen atoms in total. The van der Waals surface area contributed by atoms with Crippen LogP contribution in [0.1, 0.15) is 42.4 Å². The highest BCUT2D eigenvalue weighted by atomic mass is 35.5. The highest BCUT2D eigenvalue weighted by molar-refractivity contribution is 7.22. The summed E-state index contributed by atoms with van der Waals surface area (Å²) in [7, 11) is -0.120. The minimum Gasteiger partial charge on any atom is -0.508 e. The van der Waals surface area contributed by atoms with Gasteiger partial charge in [0.1, 0.15) is 29.6 Å². The van der Waals surface area contributed by atoms with Crippen molar-refractivity contribution in [3.05, 3.63) is 130 Å². The number of ether oxygens (including phenoxy) is 1. The predicted molar refractivity (Wildman–Crippen MR) is 236 cm³/mol. The smallest absolute Gasteiger partial charge is 0.488 e. The zero-order valence-electron chi connectivity index (χ0n) is 33.9. The van der Waals surface area contributed by atoms with Crippen LogP contribution in [-0.2, 0) is 32.8 Å². The number of fused-ring (bicyclic) bond motifs is 5. The van der Waals surface area contributed by atoms with Gasteiger partial charge in [-0.25, -0.2) is 4.90 Å². The topological polar surface area (TPSA) is 162 Å². The van der Waals surface area contributed by atoms with Crippen LogP contribution in [-0.4, -0.2) is 55.7 Å². The van der Waals surface area contributed by atoms with Gasteiger partial charge in [0.2, 0.25) is 23.6 Å². The second kappa shape index (κ2) is 14.8. The van der Waals surface area contributed by atoms with Gasteiger partial charge >= 0.3 is 7.12 Å². The van der Waals surface area contributed by atoms with Crippen LogP contribution in [0, 0.1) is 36.0 Å². The summed E-state index contributed by atoms with van der Waals surface area (Å²) in [6.07, 6.45) is 2.20. The van der Waals surface area contributed by atoms with Crippen molar-refractivity contribution < 1.29 is 39.1 Å². The monoisotopic (exact) mass is 866 g/mol. The van der Waals surface area contributed by atoms with E-state index in [2.05, 4.69) is 0 Å². The Bertz CT molecular complexity index is 2910. The van der Waals surface area contributed by atoms with E-state index < -0.39 is 65.8 Å². The number of rotatable bonds is 8. The van der Waals surface area contributed by atoms with Crippen molar-refractivity contribution in [2.75, 3.05) is 9.80 Å². The second-order valence-electron chi connectivity index (χ2n) is 16.8. The summed E-state index contributed by atoms with van der Waals surface area (Å²) < 4.78 is 8.61. The van der Waals surface area contributed by atoms with Crippen molar-refractivity contribution in [2.45, 2.75) is 39.2 Å². The van der Waals surface area contributed by atoms with Crippen molar-refractivity contribution in [1.29, 1.82) is 0 Å². The van der Waals surface area contributed by atoms with E-state index in [9.17, 15) is 24.7 Å². The molecule has 15 heteroatoms. The number of hydrogen-bond acceptors (Lipinski definition) is 10. The molecule has 2 aliphatic carbocycles. The molecule has 6 unspecified atom stereocenters. The molecule has 2 aliphatic heterocycles. The van der Waals surface area contributed by atoms with Crippen LogP contribution in [0.5, 0.6) is 11.5 Å². The fraction of sp³-hybridized carbons (Fsp3) is 0.255. The van der Waals surface area contributed by atoms with Gasteiger partial charge in [0, 0.05) is 40.4 Å². The molecule has 0 radical (unpaired) electrons. The van der Waals surface area contributed by atoms with Gasteiger partial charge < -0.3 is 19.9 Å². The van der Waals surface area contributed by atoms with Crippen molar-refractivity contribution >= 4 is 80.7 Å². The normalized spacial score (nSPS) is 24.4. The fourth-order valence-electron chi connectivity index (χ4n) is 10.5. The zero-order valence-corrected chi connectivity index (χ0v) is 35.4. The number of benzene rings is 4. The molecule has 2 saturated heterocycles. The van der Waals surface area contributed by atoms with Crippen LogP contribution in [0.2, 0.25) is 5.02 Å². The highest BCUT2D eigenvalue weighted by Gasteiger charge is 2.68. The summed E-state index contributed by atoms with van der Waals surface area (Å²) in [5.41, 5.74) is 2.50. The van der Waals surface area contributed by atoms with Gasteiger partial charge in [-0.15, -0.1) is 11.3 Å². The summed E-state index contributed by atoms with van der Waals surface area (Å²) in [5, 5.41) is 38.1. The number of allylic oxidation sites excluding steroid dienone is 2. The van der Waals surface area contributed by atoms with Crippen LogP contribution in [0.15, 0.2) is 109 Å².